The summed E-state index contributed by atoms with van der Waals surface area (Å²) in [5.74, 6) is 0.343. The second kappa shape index (κ2) is 9.29. The monoisotopic (exact) mass is 434 g/mol. The maximum absolute atomic E-state index is 10.8. The van der Waals surface area contributed by atoms with E-state index in [1.54, 1.807) is 16.8 Å². The van der Waals surface area contributed by atoms with Crippen molar-refractivity contribution in [1.29, 1.82) is 0 Å². The van der Waals surface area contributed by atoms with Gasteiger partial charge in [0.2, 0.25) is 0 Å². The largest absolute Gasteiger partial charge is 0.394 e. The first-order valence-electron chi connectivity index (χ1n) is 10.6. The molecule has 4 rings (SSSR count). The number of benzene rings is 1. The number of aryl methyl sites for hydroxylation is 1. The van der Waals surface area contributed by atoms with Crippen LogP contribution in [-0.4, -0.2) is 90.7 Å². The van der Waals surface area contributed by atoms with Crippen LogP contribution in [0.1, 0.15) is 41.7 Å². The molecule has 2 saturated heterocycles. The molecule has 10 nitrogen and oxygen atoms in total. The van der Waals surface area contributed by atoms with Crippen molar-refractivity contribution in [2.45, 2.75) is 62.3 Å². The van der Waals surface area contributed by atoms with Crippen molar-refractivity contribution in [3.05, 3.63) is 41.2 Å². The molecule has 170 valence electrons. The summed E-state index contributed by atoms with van der Waals surface area (Å²) in [5.41, 5.74) is 2.96. The number of ether oxygens (including phenoxy) is 1. The van der Waals surface area contributed by atoms with E-state index in [4.69, 9.17) is 4.74 Å². The van der Waals surface area contributed by atoms with Gasteiger partial charge in [-0.1, -0.05) is 11.3 Å². The average Bonchev–Trinajstić information content (AvgIpc) is 3.28. The smallest absolute Gasteiger partial charge is 0.117 e. The molecule has 0 radical (unpaired) electrons. The summed E-state index contributed by atoms with van der Waals surface area (Å²) in [7, 11) is 0. The molecule has 6 N–H and O–H groups in total. The molecule has 0 bridgehead atoms. The number of nitrogens with one attached hydrogen (secondary N) is 1. The number of rotatable bonds is 5. The second-order valence-corrected chi connectivity index (χ2v) is 8.41. The summed E-state index contributed by atoms with van der Waals surface area (Å²) in [4.78, 5) is 0. The van der Waals surface area contributed by atoms with Crippen LogP contribution in [0, 0.1) is 6.92 Å². The molecule has 1 aromatic carbocycles. The third kappa shape index (κ3) is 4.37. The normalized spacial score (nSPS) is 32.7. The van der Waals surface area contributed by atoms with E-state index in [1.807, 2.05) is 19.2 Å². The van der Waals surface area contributed by atoms with Crippen LogP contribution in [0.25, 0.3) is 5.69 Å². The van der Waals surface area contributed by atoms with E-state index in [0.29, 0.717) is 11.5 Å². The van der Waals surface area contributed by atoms with E-state index in [1.165, 1.54) is 0 Å². The Morgan fingerprint density at radius 3 is 2.71 bits per heavy atom. The second-order valence-electron chi connectivity index (χ2n) is 8.41. The highest BCUT2D eigenvalue weighted by molar-refractivity contribution is 5.41. The zero-order valence-electron chi connectivity index (χ0n) is 17.4. The number of hydrogen-bond donors (Lipinski definition) is 6. The molecule has 0 spiro atoms. The highest BCUT2D eigenvalue weighted by Gasteiger charge is 2.46. The van der Waals surface area contributed by atoms with Gasteiger partial charge in [0.15, 0.2) is 0 Å². The molecule has 31 heavy (non-hydrogen) atoms. The van der Waals surface area contributed by atoms with Crippen molar-refractivity contribution in [3.63, 3.8) is 0 Å². The molecule has 7 atom stereocenters. The van der Waals surface area contributed by atoms with Gasteiger partial charge in [0.05, 0.1) is 24.2 Å². The van der Waals surface area contributed by atoms with Gasteiger partial charge in [-0.25, -0.2) is 4.68 Å². The Morgan fingerprint density at radius 2 is 2.03 bits per heavy atom. The molecular weight excluding hydrogens is 404 g/mol. The lowest BCUT2D eigenvalue weighted by Crippen LogP contribution is -2.59. The van der Waals surface area contributed by atoms with Gasteiger partial charge in [-0.05, 0) is 49.6 Å². The van der Waals surface area contributed by atoms with Crippen molar-refractivity contribution < 1.29 is 30.3 Å². The Kier molecular flexibility index (Phi) is 6.68. The van der Waals surface area contributed by atoms with E-state index >= 15 is 0 Å². The lowest BCUT2D eigenvalue weighted by Gasteiger charge is -2.42. The van der Waals surface area contributed by atoms with Crippen LogP contribution in [0.15, 0.2) is 24.4 Å². The van der Waals surface area contributed by atoms with Gasteiger partial charge in [0, 0.05) is 12.5 Å². The molecule has 2 fully saturated rings. The van der Waals surface area contributed by atoms with Gasteiger partial charge >= 0.3 is 0 Å². The molecule has 1 aromatic heterocycles. The number of aliphatic hydroxyl groups excluding tert-OH is 5. The fraction of sp³-hybridized carbons (Fsp3) is 0.619. The van der Waals surface area contributed by atoms with Crippen LogP contribution in [0.3, 0.4) is 0 Å². The van der Waals surface area contributed by atoms with Crippen LogP contribution in [0.2, 0.25) is 0 Å². The molecule has 10 heteroatoms. The number of aromatic nitrogens is 3. The highest BCUT2D eigenvalue weighted by Crippen LogP contribution is 2.32. The highest BCUT2D eigenvalue weighted by atomic mass is 16.6. The molecule has 1 unspecified atom stereocenters. The molecular formula is C21H30N4O6. The quantitative estimate of drug-likeness (QED) is 0.345. The lowest BCUT2D eigenvalue weighted by molar-refractivity contribution is -0.250. The van der Waals surface area contributed by atoms with E-state index in [2.05, 4.69) is 15.6 Å². The zero-order chi connectivity index (χ0) is 22.1. The van der Waals surface area contributed by atoms with E-state index in [-0.39, 0.29) is 0 Å². The Labute approximate surface area is 180 Å². The average molecular weight is 434 g/mol. The minimum Gasteiger partial charge on any atom is -0.394 e. The minimum absolute atomic E-state index is 0.343. The minimum atomic E-state index is -1.53. The maximum Gasteiger partial charge on any atom is 0.117 e. The summed E-state index contributed by atoms with van der Waals surface area (Å²) < 4.78 is 7.19. The summed E-state index contributed by atoms with van der Waals surface area (Å²) in [6.07, 6.45) is -3.93. The van der Waals surface area contributed by atoms with Gasteiger partial charge < -0.3 is 35.6 Å². The van der Waals surface area contributed by atoms with E-state index < -0.39 is 43.2 Å². The van der Waals surface area contributed by atoms with Crippen molar-refractivity contribution in [2.75, 3.05) is 19.7 Å². The standard InChI is InChI=1S/C21H30N4O6/c1-11-7-13(25-9-15(23-24-25)12-3-2-6-22-8-12)4-5-14(11)17(27)21-20(30)19(29)18(28)16(10-26)31-21/h4-5,7,9,12,16-22,26-30H,2-3,6,8,10H2,1H3/t12?,16-,17-,18-,19+,20+,21-/m1/s1. The van der Waals surface area contributed by atoms with Crippen LogP contribution in [0.4, 0.5) is 0 Å². The fourth-order valence-electron chi connectivity index (χ4n) is 4.40. The molecule has 0 saturated carbocycles. The molecule has 2 aromatic rings. The Morgan fingerprint density at radius 1 is 1.23 bits per heavy atom. The summed E-state index contributed by atoms with van der Waals surface area (Å²) in [6, 6.07) is 5.34. The third-order valence-corrected chi connectivity index (χ3v) is 6.30. The Bertz CT molecular complexity index is 885. The van der Waals surface area contributed by atoms with Gasteiger partial charge in [-0.15, -0.1) is 5.10 Å². The zero-order valence-corrected chi connectivity index (χ0v) is 17.4. The molecule has 2 aliphatic rings. The SMILES string of the molecule is Cc1cc(-n2cc(C3CCCNC3)nn2)ccc1[C@@H](O)[C@H]1O[C@H](CO)[C@@H](O)[C@H](O)[C@@H]1O. The predicted molar refractivity (Wildman–Crippen MR) is 110 cm³/mol. The molecule has 3 heterocycles. The number of aliphatic hydroxyl groups is 5. The fourth-order valence-corrected chi connectivity index (χ4v) is 4.40. The van der Waals surface area contributed by atoms with E-state index in [0.717, 1.165) is 42.9 Å². The summed E-state index contributed by atoms with van der Waals surface area (Å²) >= 11 is 0. The van der Waals surface area contributed by atoms with Gasteiger partial charge in [0.1, 0.15) is 36.6 Å². The first kappa shape index (κ1) is 22.3. The predicted octanol–water partition coefficient (Wildman–Crippen LogP) is -1.08. The number of piperidine rings is 1. The van der Waals surface area contributed by atoms with Crippen LogP contribution < -0.4 is 5.32 Å². The Balaban J connectivity index is 1.53. The summed E-state index contributed by atoms with van der Waals surface area (Å²) in [6.45, 7) is 3.19. The van der Waals surface area contributed by atoms with Crippen molar-refractivity contribution >= 4 is 0 Å². The van der Waals surface area contributed by atoms with Gasteiger partial charge in [-0.2, -0.15) is 0 Å². The third-order valence-electron chi connectivity index (χ3n) is 6.30. The van der Waals surface area contributed by atoms with Crippen molar-refractivity contribution in [1.82, 2.24) is 20.3 Å². The van der Waals surface area contributed by atoms with E-state index in [9.17, 15) is 25.5 Å². The van der Waals surface area contributed by atoms with Crippen LogP contribution in [0.5, 0.6) is 0 Å². The van der Waals surface area contributed by atoms with Crippen molar-refractivity contribution in [3.8, 4) is 5.69 Å². The first-order valence-corrected chi connectivity index (χ1v) is 10.6. The topological polar surface area (TPSA) is 153 Å². The van der Waals surface area contributed by atoms with Crippen LogP contribution >= 0.6 is 0 Å². The van der Waals surface area contributed by atoms with Gasteiger partial charge in [-0.3, -0.25) is 0 Å². The Hall–Kier alpha value is -1.92. The first-order chi connectivity index (χ1) is 14.9. The number of hydrogen-bond acceptors (Lipinski definition) is 9. The molecule has 0 amide bonds. The molecule has 0 aliphatic carbocycles. The van der Waals surface area contributed by atoms with Gasteiger partial charge in [0.25, 0.3) is 0 Å². The summed E-state index contributed by atoms with van der Waals surface area (Å²) in [5, 5.41) is 62.4. The number of nitrogens with zero attached hydrogens (tertiary/aromatic N) is 3. The van der Waals surface area contributed by atoms with Crippen molar-refractivity contribution in [2.24, 2.45) is 0 Å². The lowest BCUT2D eigenvalue weighted by atomic mass is 9.88. The van der Waals surface area contributed by atoms with Crippen LogP contribution in [-0.2, 0) is 4.74 Å². The molecule has 2 aliphatic heterocycles. The maximum atomic E-state index is 10.8.